The van der Waals surface area contributed by atoms with Gasteiger partial charge in [-0.25, -0.2) is 13.1 Å². The third kappa shape index (κ3) is 2.68. The molecule has 0 spiro atoms. The zero-order valence-electron chi connectivity index (χ0n) is 15.4. The fourth-order valence-corrected chi connectivity index (χ4v) is 5.19. The van der Waals surface area contributed by atoms with Crippen molar-refractivity contribution >= 4 is 27.3 Å². The summed E-state index contributed by atoms with van der Waals surface area (Å²) in [5, 5.41) is 5.45. The summed E-state index contributed by atoms with van der Waals surface area (Å²) in [5.74, 6) is 0. The predicted molar refractivity (Wildman–Crippen MR) is 115 cm³/mol. The van der Waals surface area contributed by atoms with E-state index in [2.05, 4.69) is 0 Å². The topological polar surface area (TPSA) is 55.2 Å². The lowest BCUT2D eigenvalue weighted by Gasteiger charge is -2.27. The molecule has 0 atom stereocenters. The van der Waals surface area contributed by atoms with Crippen LogP contribution in [-0.2, 0) is 10.0 Å². The van der Waals surface area contributed by atoms with Crippen LogP contribution in [0.4, 0.5) is 5.69 Å². The SMILES string of the molecule is CN1c2c(-c3ccc(Cl)cc3)nn(-c3ccccc3)c2-c2ccccc2S1(=O)=O. The van der Waals surface area contributed by atoms with Gasteiger partial charge in [-0.15, -0.1) is 0 Å². The van der Waals surface area contributed by atoms with Gasteiger partial charge in [0.15, 0.2) is 0 Å². The molecule has 7 heteroatoms. The molecule has 1 aliphatic heterocycles. The Hall–Kier alpha value is -3.09. The predicted octanol–water partition coefficient (Wildman–Crippen LogP) is 5.00. The Bertz CT molecular complexity index is 1330. The first kappa shape index (κ1) is 18.0. The van der Waals surface area contributed by atoms with E-state index in [4.69, 9.17) is 16.7 Å². The number of halogens is 1. The smallest absolute Gasteiger partial charge is 0.264 e. The third-order valence-electron chi connectivity index (χ3n) is 5.07. The monoisotopic (exact) mass is 421 g/mol. The van der Waals surface area contributed by atoms with Gasteiger partial charge < -0.3 is 0 Å². The Morgan fingerprint density at radius 2 is 1.52 bits per heavy atom. The molecule has 2 heterocycles. The molecule has 5 rings (SSSR count). The first-order valence-corrected chi connectivity index (χ1v) is 10.8. The number of benzene rings is 3. The molecule has 29 heavy (non-hydrogen) atoms. The number of rotatable bonds is 2. The molecule has 1 aliphatic rings. The molecule has 5 nitrogen and oxygen atoms in total. The van der Waals surface area contributed by atoms with Gasteiger partial charge >= 0.3 is 0 Å². The molecule has 4 aromatic rings. The second kappa shape index (κ2) is 6.47. The zero-order chi connectivity index (χ0) is 20.2. The van der Waals surface area contributed by atoms with Crippen LogP contribution < -0.4 is 4.31 Å². The van der Waals surface area contributed by atoms with Gasteiger partial charge in [-0.3, -0.25) is 4.31 Å². The summed E-state index contributed by atoms with van der Waals surface area (Å²) >= 11 is 6.05. The van der Waals surface area contributed by atoms with E-state index in [-0.39, 0.29) is 4.90 Å². The molecule has 0 aliphatic carbocycles. The lowest BCUT2D eigenvalue weighted by Crippen LogP contribution is -2.30. The number of fused-ring (bicyclic) bond motifs is 3. The Morgan fingerprint density at radius 1 is 0.862 bits per heavy atom. The van der Waals surface area contributed by atoms with E-state index in [1.807, 2.05) is 59.3 Å². The van der Waals surface area contributed by atoms with Gasteiger partial charge in [-0.05, 0) is 30.3 Å². The molecular formula is C22H16ClN3O2S. The van der Waals surface area contributed by atoms with Crippen LogP contribution in [-0.4, -0.2) is 25.2 Å². The number of nitrogens with zero attached hydrogens (tertiary/aromatic N) is 3. The molecule has 0 saturated heterocycles. The molecule has 3 aromatic carbocycles. The second-order valence-corrected chi connectivity index (χ2v) is 9.14. The first-order chi connectivity index (χ1) is 14.0. The summed E-state index contributed by atoms with van der Waals surface area (Å²) in [5.41, 5.74) is 4.16. The molecule has 0 bridgehead atoms. The number of para-hydroxylation sites is 1. The van der Waals surface area contributed by atoms with Gasteiger partial charge in [0.05, 0.1) is 10.6 Å². The Morgan fingerprint density at radius 3 is 2.24 bits per heavy atom. The average Bonchev–Trinajstić information content (AvgIpc) is 3.14. The fraction of sp³-hybridized carbons (Fsp3) is 0.0455. The van der Waals surface area contributed by atoms with Crippen molar-refractivity contribution in [2.75, 3.05) is 11.4 Å². The van der Waals surface area contributed by atoms with Crippen molar-refractivity contribution < 1.29 is 8.42 Å². The van der Waals surface area contributed by atoms with Crippen LogP contribution in [0, 0.1) is 0 Å². The summed E-state index contributed by atoms with van der Waals surface area (Å²) in [7, 11) is -2.12. The lowest BCUT2D eigenvalue weighted by atomic mass is 10.1. The number of anilines is 1. The van der Waals surface area contributed by atoms with Gasteiger partial charge in [0.25, 0.3) is 10.0 Å². The van der Waals surface area contributed by atoms with E-state index in [0.29, 0.717) is 22.0 Å². The van der Waals surface area contributed by atoms with Crippen molar-refractivity contribution in [2.45, 2.75) is 4.90 Å². The highest BCUT2D eigenvalue weighted by Crippen LogP contribution is 2.47. The Balaban J connectivity index is 1.90. The highest BCUT2D eigenvalue weighted by molar-refractivity contribution is 7.93. The van der Waals surface area contributed by atoms with Crippen molar-refractivity contribution in [2.24, 2.45) is 0 Å². The van der Waals surface area contributed by atoms with Crippen molar-refractivity contribution in [3.05, 3.63) is 83.9 Å². The lowest BCUT2D eigenvalue weighted by molar-refractivity contribution is 0.594. The summed E-state index contributed by atoms with van der Waals surface area (Å²) in [4.78, 5) is 0.273. The number of hydrogen-bond acceptors (Lipinski definition) is 3. The van der Waals surface area contributed by atoms with Crippen LogP contribution >= 0.6 is 11.6 Å². The molecule has 0 fully saturated rings. The standard InChI is InChI=1S/C22H16ClN3O2S/c1-25-22-20(15-11-13-16(23)14-12-15)24-26(17-7-3-2-4-8-17)21(22)18-9-5-6-10-19(18)29(25,27)28/h2-14H,1H3. The minimum absolute atomic E-state index is 0.273. The molecule has 1 aromatic heterocycles. The maximum absolute atomic E-state index is 13.2. The zero-order valence-corrected chi connectivity index (χ0v) is 17.0. The van der Waals surface area contributed by atoms with Crippen molar-refractivity contribution in [3.63, 3.8) is 0 Å². The summed E-state index contributed by atoms with van der Waals surface area (Å²) in [6.45, 7) is 0. The van der Waals surface area contributed by atoms with Crippen LogP contribution in [0.25, 0.3) is 28.2 Å². The molecule has 0 N–H and O–H groups in total. The first-order valence-electron chi connectivity index (χ1n) is 9.01. The average molecular weight is 422 g/mol. The number of sulfonamides is 1. The fourth-order valence-electron chi connectivity index (χ4n) is 3.66. The maximum atomic E-state index is 13.2. The van der Waals surface area contributed by atoms with Crippen LogP contribution in [0.3, 0.4) is 0 Å². The van der Waals surface area contributed by atoms with Crippen LogP contribution in [0.2, 0.25) is 5.02 Å². The largest absolute Gasteiger partial charge is 0.265 e. The minimum Gasteiger partial charge on any atom is -0.265 e. The number of aromatic nitrogens is 2. The second-order valence-electron chi connectivity index (χ2n) is 6.77. The quantitative estimate of drug-likeness (QED) is 0.457. The van der Waals surface area contributed by atoms with Crippen molar-refractivity contribution in [3.8, 4) is 28.2 Å². The van der Waals surface area contributed by atoms with Gasteiger partial charge in [0.1, 0.15) is 17.1 Å². The van der Waals surface area contributed by atoms with Crippen molar-refractivity contribution in [1.82, 2.24) is 9.78 Å². The molecule has 0 unspecified atom stereocenters. The Labute approximate surface area is 173 Å². The summed E-state index contributed by atoms with van der Waals surface area (Å²) < 4.78 is 29.6. The maximum Gasteiger partial charge on any atom is 0.264 e. The molecule has 0 amide bonds. The van der Waals surface area contributed by atoms with E-state index in [1.165, 1.54) is 4.31 Å². The van der Waals surface area contributed by atoms with E-state index in [0.717, 1.165) is 16.9 Å². The van der Waals surface area contributed by atoms with Crippen molar-refractivity contribution in [1.29, 1.82) is 0 Å². The van der Waals surface area contributed by atoms with E-state index in [9.17, 15) is 8.42 Å². The summed E-state index contributed by atoms with van der Waals surface area (Å²) in [6.07, 6.45) is 0. The van der Waals surface area contributed by atoms with Gasteiger partial charge in [0.2, 0.25) is 0 Å². The number of hydrogen-bond donors (Lipinski definition) is 0. The normalized spacial score (nSPS) is 14.3. The molecule has 0 saturated carbocycles. The molecule has 144 valence electrons. The summed E-state index contributed by atoms with van der Waals surface area (Å²) in [6, 6.07) is 24.0. The highest BCUT2D eigenvalue weighted by Gasteiger charge is 2.38. The van der Waals surface area contributed by atoms with Gasteiger partial charge in [-0.2, -0.15) is 5.10 Å². The minimum atomic E-state index is -3.69. The third-order valence-corrected chi connectivity index (χ3v) is 7.14. The Kier molecular flexibility index (Phi) is 4.01. The van der Waals surface area contributed by atoms with Gasteiger partial charge in [0, 0.05) is 23.2 Å². The van der Waals surface area contributed by atoms with E-state index >= 15 is 0 Å². The van der Waals surface area contributed by atoms with Crippen LogP contribution in [0.1, 0.15) is 0 Å². The molecule has 0 radical (unpaired) electrons. The van der Waals surface area contributed by atoms with Crippen LogP contribution in [0.5, 0.6) is 0 Å². The van der Waals surface area contributed by atoms with Gasteiger partial charge in [-0.1, -0.05) is 60.1 Å². The molecular weight excluding hydrogens is 406 g/mol. The highest BCUT2D eigenvalue weighted by atomic mass is 35.5. The van der Waals surface area contributed by atoms with E-state index in [1.54, 1.807) is 31.3 Å². The van der Waals surface area contributed by atoms with E-state index < -0.39 is 10.0 Å². The van der Waals surface area contributed by atoms with Crippen LogP contribution in [0.15, 0.2) is 83.8 Å².